The van der Waals surface area contributed by atoms with E-state index in [4.69, 9.17) is 9.51 Å². The van der Waals surface area contributed by atoms with E-state index in [1.54, 1.807) is 0 Å². The van der Waals surface area contributed by atoms with Gasteiger partial charge in [-0.3, -0.25) is 4.79 Å². The molecule has 2 aromatic rings. The lowest BCUT2D eigenvalue weighted by Gasteiger charge is -2.31. The van der Waals surface area contributed by atoms with Crippen LogP contribution in [0.25, 0.3) is 0 Å². The number of aromatic nitrogens is 2. The molecule has 1 amide bonds. The summed E-state index contributed by atoms with van der Waals surface area (Å²) in [5.74, 6) is 3.55. The topological polar surface area (TPSA) is 59.2 Å². The van der Waals surface area contributed by atoms with Crippen LogP contribution < -0.4 is 0 Å². The van der Waals surface area contributed by atoms with Gasteiger partial charge in [0.1, 0.15) is 0 Å². The van der Waals surface area contributed by atoms with Crippen molar-refractivity contribution in [3.05, 3.63) is 47.1 Å². The van der Waals surface area contributed by atoms with Crippen molar-refractivity contribution in [1.29, 1.82) is 0 Å². The van der Waals surface area contributed by atoms with Crippen molar-refractivity contribution in [2.75, 3.05) is 0 Å². The molecule has 26 heavy (non-hydrogen) atoms. The summed E-state index contributed by atoms with van der Waals surface area (Å²) in [4.78, 5) is 20.2. The highest BCUT2D eigenvalue weighted by Gasteiger charge is 2.55. The Bertz CT molecular complexity index is 847. The average molecular weight is 349 g/mol. The second-order valence-electron chi connectivity index (χ2n) is 8.61. The Balaban J connectivity index is 1.29. The first-order chi connectivity index (χ1) is 12.8. The Morgan fingerprint density at radius 1 is 1.04 bits per heavy atom. The van der Waals surface area contributed by atoms with Gasteiger partial charge in [-0.05, 0) is 55.1 Å². The first kappa shape index (κ1) is 14.9. The van der Waals surface area contributed by atoms with E-state index in [9.17, 15) is 4.79 Å². The minimum absolute atomic E-state index is 0.0237. The van der Waals surface area contributed by atoms with E-state index in [2.05, 4.69) is 29.4 Å². The Morgan fingerprint density at radius 3 is 2.50 bits per heavy atom. The summed E-state index contributed by atoms with van der Waals surface area (Å²) in [6, 6.07) is 8.40. The molecule has 134 valence electrons. The summed E-state index contributed by atoms with van der Waals surface area (Å²) in [6.07, 6.45) is 5.85. The fourth-order valence-corrected chi connectivity index (χ4v) is 5.59. The van der Waals surface area contributed by atoms with Crippen LogP contribution >= 0.6 is 0 Å². The van der Waals surface area contributed by atoms with E-state index in [0.29, 0.717) is 23.7 Å². The van der Waals surface area contributed by atoms with E-state index < -0.39 is 0 Å². The maximum Gasteiger partial charge on any atom is 0.230 e. The molecule has 1 aromatic carbocycles. The van der Waals surface area contributed by atoms with Crippen molar-refractivity contribution in [2.24, 2.45) is 17.8 Å². The molecule has 2 heterocycles. The van der Waals surface area contributed by atoms with Crippen molar-refractivity contribution < 1.29 is 9.32 Å². The second-order valence-corrected chi connectivity index (χ2v) is 8.61. The van der Waals surface area contributed by atoms with Crippen LogP contribution in [0.5, 0.6) is 0 Å². The van der Waals surface area contributed by atoms with Crippen LogP contribution in [0, 0.1) is 17.8 Å². The second kappa shape index (κ2) is 5.41. The fraction of sp³-hybridized carbons (Fsp3) is 0.571. The van der Waals surface area contributed by atoms with Gasteiger partial charge in [0.05, 0.1) is 11.8 Å². The van der Waals surface area contributed by atoms with Gasteiger partial charge in [0.15, 0.2) is 5.82 Å². The SMILES string of the molecule is O=C([C@H]1[C@H]2CC[C@H](C2)[C@@H]1c1nc(C2CC2)no1)N1Cc2ccccc2C1. The number of benzene rings is 1. The lowest BCUT2D eigenvalue weighted by Crippen LogP contribution is -2.38. The van der Waals surface area contributed by atoms with E-state index in [1.165, 1.54) is 36.8 Å². The molecule has 5 heteroatoms. The van der Waals surface area contributed by atoms with Crippen LogP contribution in [0.15, 0.2) is 28.8 Å². The lowest BCUT2D eigenvalue weighted by atomic mass is 9.78. The van der Waals surface area contributed by atoms with Gasteiger partial charge in [0.2, 0.25) is 11.8 Å². The quantitative estimate of drug-likeness (QED) is 0.849. The molecule has 1 aliphatic heterocycles. The van der Waals surface area contributed by atoms with E-state index >= 15 is 0 Å². The van der Waals surface area contributed by atoms with E-state index in [1.807, 2.05) is 4.90 Å². The summed E-state index contributed by atoms with van der Waals surface area (Å²) in [7, 11) is 0. The van der Waals surface area contributed by atoms with Gasteiger partial charge in [-0.15, -0.1) is 0 Å². The molecule has 3 aliphatic carbocycles. The predicted octanol–water partition coefficient (Wildman–Crippen LogP) is 3.62. The minimum atomic E-state index is 0.0237. The van der Waals surface area contributed by atoms with E-state index in [-0.39, 0.29) is 11.8 Å². The lowest BCUT2D eigenvalue weighted by molar-refractivity contribution is -0.138. The number of carbonyl (C=O) groups excluding carboxylic acids is 1. The zero-order valence-corrected chi connectivity index (χ0v) is 14.8. The highest BCUT2D eigenvalue weighted by atomic mass is 16.5. The van der Waals surface area contributed by atoms with Gasteiger partial charge in [-0.2, -0.15) is 4.98 Å². The Kier molecular flexibility index (Phi) is 3.11. The van der Waals surface area contributed by atoms with E-state index in [0.717, 1.165) is 31.2 Å². The maximum atomic E-state index is 13.5. The van der Waals surface area contributed by atoms with Gasteiger partial charge < -0.3 is 9.42 Å². The van der Waals surface area contributed by atoms with Gasteiger partial charge in [-0.25, -0.2) is 0 Å². The highest BCUT2D eigenvalue weighted by molar-refractivity contribution is 5.81. The van der Waals surface area contributed by atoms with Crippen molar-refractivity contribution in [1.82, 2.24) is 15.0 Å². The van der Waals surface area contributed by atoms with Gasteiger partial charge in [0, 0.05) is 19.0 Å². The van der Waals surface area contributed by atoms with Crippen LogP contribution in [0.2, 0.25) is 0 Å². The van der Waals surface area contributed by atoms with Crippen molar-refractivity contribution in [2.45, 2.75) is 57.0 Å². The Labute approximate surface area is 152 Å². The summed E-state index contributed by atoms with van der Waals surface area (Å²) >= 11 is 0. The number of fused-ring (bicyclic) bond motifs is 3. The van der Waals surface area contributed by atoms with Gasteiger partial charge >= 0.3 is 0 Å². The monoisotopic (exact) mass is 349 g/mol. The molecule has 1 aromatic heterocycles. The molecule has 5 nitrogen and oxygen atoms in total. The highest BCUT2D eigenvalue weighted by Crippen LogP contribution is 2.57. The van der Waals surface area contributed by atoms with Crippen LogP contribution in [-0.2, 0) is 17.9 Å². The zero-order chi connectivity index (χ0) is 17.3. The number of nitrogens with zero attached hydrogens (tertiary/aromatic N) is 3. The Morgan fingerprint density at radius 2 is 1.77 bits per heavy atom. The first-order valence-electron chi connectivity index (χ1n) is 9.97. The third-order valence-electron chi connectivity index (χ3n) is 7.04. The molecule has 0 radical (unpaired) electrons. The molecule has 0 saturated heterocycles. The first-order valence-corrected chi connectivity index (χ1v) is 9.97. The number of amides is 1. The molecule has 0 spiro atoms. The molecular formula is C21H23N3O2. The molecule has 4 atom stereocenters. The summed E-state index contributed by atoms with van der Waals surface area (Å²) in [5, 5.41) is 4.22. The van der Waals surface area contributed by atoms with Crippen LogP contribution in [-0.4, -0.2) is 20.9 Å². The summed E-state index contributed by atoms with van der Waals surface area (Å²) in [6.45, 7) is 1.49. The Hall–Kier alpha value is -2.17. The van der Waals surface area contributed by atoms with Crippen LogP contribution in [0.3, 0.4) is 0 Å². The molecule has 0 N–H and O–H groups in total. The number of rotatable bonds is 3. The predicted molar refractivity (Wildman–Crippen MR) is 94.0 cm³/mol. The smallest absolute Gasteiger partial charge is 0.230 e. The van der Waals surface area contributed by atoms with Crippen LogP contribution in [0.1, 0.15) is 66.8 Å². The molecule has 4 aliphatic rings. The zero-order valence-electron chi connectivity index (χ0n) is 14.8. The van der Waals surface area contributed by atoms with Crippen molar-refractivity contribution in [3.63, 3.8) is 0 Å². The normalized spacial score (nSPS) is 32.2. The molecule has 6 rings (SSSR count). The van der Waals surface area contributed by atoms with Crippen LogP contribution in [0.4, 0.5) is 0 Å². The minimum Gasteiger partial charge on any atom is -0.339 e. The van der Waals surface area contributed by atoms with Crippen molar-refractivity contribution >= 4 is 5.91 Å². The third kappa shape index (κ3) is 2.19. The number of hydrogen-bond donors (Lipinski definition) is 0. The maximum absolute atomic E-state index is 13.5. The summed E-state index contributed by atoms with van der Waals surface area (Å²) in [5.41, 5.74) is 2.57. The standard InChI is InChI=1S/C21H23N3O2/c25-21(24-10-15-3-1-2-4-16(15)11-24)18-14-8-7-13(9-14)17(18)20-22-19(23-26-20)12-5-6-12/h1-4,12-14,17-18H,5-11H2/t13-,14+,17+,18+/m1/s1. The molecule has 3 saturated carbocycles. The molecular weight excluding hydrogens is 326 g/mol. The summed E-state index contributed by atoms with van der Waals surface area (Å²) < 4.78 is 5.68. The largest absolute Gasteiger partial charge is 0.339 e. The molecule has 3 fully saturated rings. The average Bonchev–Trinajstić information content (AvgIpc) is 3.10. The molecule has 2 bridgehead atoms. The van der Waals surface area contributed by atoms with Gasteiger partial charge in [0.25, 0.3) is 0 Å². The van der Waals surface area contributed by atoms with Gasteiger partial charge in [-0.1, -0.05) is 29.4 Å². The molecule has 0 unspecified atom stereocenters. The third-order valence-corrected chi connectivity index (χ3v) is 7.04. The van der Waals surface area contributed by atoms with Crippen molar-refractivity contribution in [3.8, 4) is 0 Å². The number of hydrogen-bond acceptors (Lipinski definition) is 4. The number of carbonyl (C=O) groups is 1. The fourth-order valence-electron chi connectivity index (χ4n) is 5.59.